The van der Waals surface area contributed by atoms with E-state index in [-0.39, 0.29) is 18.1 Å². The molecule has 1 aromatic carbocycles. The van der Waals surface area contributed by atoms with Crippen LogP contribution < -0.4 is 5.32 Å². The SMILES string of the molecule is O=C1CN(Cc2ccc(F)c(C#CCO)c2)CCCN1. The third-order valence-electron chi connectivity index (χ3n) is 3.08. The van der Waals surface area contributed by atoms with Crippen molar-refractivity contribution in [3.8, 4) is 11.8 Å². The minimum absolute atomic E-state index is 0.0184. The predicted molar refractivity (Wildman–Crippen MR) is 73.3 cm³/mol. The standard InChI is InChI=1S/C15H17FN2O2/c16-14-5-4-12(9-13(14)3-1-8-19)10-18-7-2-6-17-15(20)11-18/h4-5,9,19H,2,6-8,10-11H2,(H,17,20). The van der Waals surface area contributed by atoms with Crippen LogP contribution in [-0.2, 0) is 11.3 Å². The zero-order valence-corrected chi connectivity index (χ0v) is 11.2. The fraction of sp³-hybridized carbons (Fsp3) is 0.400. The Labute approximate surface area is 117 Å². The average Bonchev–Trinajstić information content (AvgIpc) is 2.63. The van der Waals surface area contributed by atoms with Gasteiger partial charge in [-0.2, -0.15) is 0 Å². The normalized spacial score (nSPS) is 16.0. The van der Waals surface area contributed by atoms with Crippen molar-refractivity contribution in [2.24, 2.45) is 0 Å². The number of nitrogens with one attached hydrogen (secondary N) is 1. The molecule has 1 fully saturated rings. The molecule has 0 saturated carbocycles. The Balaban J connectivity index is 2.10. The first-order valence-corrected chi connectivity index (χ1v) is 6.56. The number of amides is 1. The van der Waals surface area contributed by atoms with Crippen molar-refractivity contribution in [3.05, 3.63) is 35.1 Å². The highest BCUT2D eigenvalue weighted by atomic mass is 19.1. The maximum absolute atomic E-state index is 13.5. The van der Waals surface area contributed by atoms with Crippen molar-refractivity contribution in [2.45, 2.75) is 13.0 Å². The Morgan fingerprint density at radius 3 is 3.10 bits per heavy atom. The van der Waals surface area contributed by atoms with E-state index >= 15 is 0 Å². The molecule has 1 aliphatic rings. The summed E-state index contributed by atoms with van der Waals surface area (Å²) in [7, 11) is 0. The van der Waals surface area contributed by atoms with Crippen molar-refractivity contribution < 1.29 is 14.3 Å². The van der Waals surface area contributed by atoms with E-state index in [1.165, 1.54) is 6.07 Å². The van der Waals surface area contributed by atoms with Gasteiger partial charge in [0.15, 0.2) is 0 Å². The quantitative estimate of drug-likeness (QED) is 0.773. The van der Waals surface area contributed by atoms with Crippen molar-refractivity contribution in [3.63, 3.8) is 0 Å². The van der Waals surface area contributed by atoms with Crippen LogP contribution >= 0.6 is 0 Å². The van der Waals surface area contributed by atoms with E-state index in [1.54, 1.807) is 12.1 Å². The Morgan fingerprint density at radius 2 is 2.30 bits per heavy atom. The van der Waals surface area contributed by atoms with Crippen LogP contribution in [0.5, 0.6) is 0 Å². The Hall–Kier alpha value is -1.90. The zero-order chi connectivity index (χ0) is 14.4. The van der Waals surface area contributed by atoms with Crippen LogP contribution in [0.1, 0.15) is 17.5 Å². The second kappa shape index (κ2) is 7.04. The van der Waals surface area contributed by atoms with Gasteiger partial charge >= 0.3 is 0 Å². The first kappa shape index (κ1) is 14.5. The number of benzene rings is 1. The molecule has 0 spiro atoms. The van der Waals surface area contributed by atoms with Crippen LogP contribution in [0.15, 0.2) is 18.2 Å². The molecular weight excluding hydrogens is 259 g/mol. The minimum Gasteiger partial charge on any atom is -0.384 e. The second-order valence-electron chi connectivity index (χ2n) is 4.69. The monoisotopic (exact) mass is 276 g/mol. The molecule has 1 amide bonds. The van der Waals surface area contributed by atoms with Gasteiger partial charge in [0.1, 0.15) is 12.4 Å². The van der Waals surface area contributed by atoms with E-state index in [2.05, 4.69) is 17.2 Å². The minimum atomic E-state index is -0.400. The van der Waals surface area contributed by atoms with Gasteiger partial charge in [0.25, 0.3) is 0 Å². The maximum Gasteiger partial charge on any atom is 0.234 e. The summed E-state index contributed by atoms with van der Waals surface area (Å²) in [6, 6.07) is 4.73. The lowest BCUT2D eigenvalue weighted by molar-refractivity contribution is -0.121. The molecule has 0 radical (unpaired) electrons. The summed E-state index contributed by atoms with van der Waals surface area (Å²) in [6.45, 7) is 2.17. The van der Waals surface area contributed by atoms with Gasteiger partial charge < -0.3 is 10.4 Å². The topological polar surface area (TPSA) is 52.6 Å². The molecule has 1 aromatic rings. The summed E-state index contributed by atoms with van der Waals surface area (Å²) in [5.74, 6) is 4.65. The van der Waals surface area contributed by atoms with Crippen molar-refractivity contribution in [1.82, 2.24) is 10.2 Å². The molecule has 4 nitrogen and oxygen atoms in total. The molecule has 1 saturated heterocycles. The lowest BCUT2D eigenvalue weighted by atomic mass is 10.1. The first-order chi connectivity index (χ1) is 9.69. The molecule has 0 unspecified atom stereocenters. The lowest BCUT2D eigenvalue weighted by Gasteiger charge is -2.18. The molecule has 5 heteroatoms. The molecular formula is C15H17FN2O2. The highest BCUT2D eigenvalue weighted by Crippen LogP contribution is 2.12. The average molecular weight is 276 g/mol. The van der Waals surface area contributed by atoms with Gasteiger partial charge in [0.2, 0.25) is 5.91 Å². The highest BCUT2D eigenvalue weighted by molar-refractivity contribution is 5.78. The molecule has 1 heterocycles. The zero-order valence-electron chi connectivity index (χ0n) is 11.2. The first-order valence-electron chi connectivity index (χ1n) is 6.56. The number of carbonyl (C=O) groups is 1. The molecule has 2 rings (SSSR count). The van der Waals surface area contributed by atoms with Crippen LogP contribution in [0, 0.1) is 17.7 Å². The number of carbonyl (C=O) groups excluding carboxylic acids is 1. The van der Waals surface area contributed by atoms with E-state index in [9.17, 15) is 9.18 Å². The lowest BCUT2D eigenvalue weighted by Crippen LogP contribution is -2.32. The van der Waals surface area contributed by atoms with Gasteiger partial charge in [-0.05, 0) is 24.1 Å². The van der Waals surface area contributed by atoms with Crippen molar-refractivity contribution in [1.29, 1.82) is 0 Å². The van der Waals surface area contributed by atoms with Crippen molar-refractivity contribution in [2.75, 3.05) is 26.2 Å². The van der Waals surface area contributed by atoms with Crippen LogP contribution in [0.3, 0.4) is 0 Å². The van der Waals surface area contributed by atoms with Crippen LogP contribution in [0.2, 0.25) is 0 Å². The van der Waals surface area contributed by atoms with E-state index in [4.69, 9.17) is 5.11 Å². The summed E-state index contributed by atoms with van der Waals surface area (Å²) in [4.78, 5) is 13.5. The largest absolute Gasteiger partial charge is 0.384 e. The number of halogens is 1. The van der Waals surface area contributed by atoms with E-state index < -0.39 is 5.82 Å². The van der Waals surface area contributed by atoms with Crippen molar-refractivity contribution >= 4 is 5.91 Å². The smallest absolute Gasteiger partial charge is 0.234 e. The van der Waals surface area contributed by atoms with Gasteiger partial charge in [-0.15, -0.1) is 0 Å². The predicted octanol–water partition coefficient (Wildman–Crippen LogP) is 0.491. The number of aliphatic hydroxyl groups excluding tert-OH is 1. The Bertz CT molecular complexity index is 549. The molecule has 0 atom stereocenters. The fourth-order valence-corrected chi connectivity index (χ4v) is 2.16. The number of hydrogen-bond acceptors (Lipinski definition) is 3. The second-order valence-corrected chi connectivity index (χ2v) is 4.69. The van der Waals surface area contributed by atoms with Crippen LogP contribution in [0.4, 0.5) is 4.39 Å². The summed E-state index contributed by atoms with van der Waals surface area (Å²) in [5.41, 5.74) is 1.18. The highest BCUT2D eigenvalue weighted by Gasteiger charge is 2.15. The maximum atomic E-state index is 13.5. The molecule has 0 aromatic heterocycles. The summed E-state index contributed by atoms with van der Waals surface area (Å²) < 4.78 is 13.5. The molecule has 1 aliphatic heterocycles. The number of rotatable bonds is 2. The fourth-order valence-electron chi connectivity index (χ4n) is 2.16. The third kappa shape index (κ3) is 4.05. The third-order valence-corrected chi connectivity index (χ3v) is 3.08. The van der Waals surface area contributed by atoms with E-state index in [1.807, 2.05) is 4.90 Å². The molecule has 20 heavy (non-hydrogen) atoms. The van der Waals surface area contributed by atoms with Crippen LogP contribution in [0.25, 0.3) is 0 Å². The molecule has 2 N–H and O–H groups in total. The molecule has 0 bridgehead atoms. The van der Waals surface area contributed by atoms with Gasteiger partial charge in [0, 0.05) is 19.6 Å². The molecule has 106 valence electrons. The number of aliphatic hydroxyl groups is 1. The Morgan fingerprint density at radius 1 is 1.45 bits per heavy atom. The van der Waals surface area contributed by atoms with Gasteiger partial charge in [-0.3, -0.25) is 9.69 Å². The van der Waals surface area contributed by atoms with E-state index in [0.717, 1.165) is 18.5 Å². The summed E-state index contributed by atoms with van der Waals surface area (Å²) in [5, 5.41) is 11.5. The Kier molecular flexibility index (Phi) is 5.10. The summed E-state index contributed by atoms with van der Waals surface area (Å²) in [6.07, 6.45) is 0.907. The van der Waals surface area contributed by atoms with Gasteiger partial charge in [-0.1, -0.05) is 17.9 Å². The van der Waals surface area contributed by atoms with Gasteiger partial charge in [-0.25, -0.2) is 4.39 Å². The van der Waals surface area contributed by atoms with Gasteiger partial charge in [0.05, 0.1) is 12.1 Å². The summed E-state index contributed by atoms with van der Waals surface area (Å²) >= 11 is 0. The number of nitrogens with zero attached hydrogens (tertiary/aromatic N) is 1. The van der Waals surface area contributed by atoms with E-state index in [0.29, 0.717) is 19.6 Å². The molecule has 0 aliphatic carbocycles. The number of hydrogen-bond donors (Lipinski definition) is 2. The van der Waals surface area contributed by atoms with Crippen LogP contribution in [-0.4, -0.2) is 42.2 Å².